The van der Waals surface area contributed by atoms with Crippen molar-refractivity contribution in [1.29, 1.82) is 0 Å². The number of esters is 1. The number of amides is 1. The first-order chi connectivity index (χ1) is 11.7. The molecule has 0 radical (unpaired) electrons. The topological polar surface area (TPSA) is 64.6 Å². The van der Waals surface area contributed by atoms with E-state index in [0.717, 1.165) is 26.4 Å². The van der Waals surface area contributed by atoms with E-state index in [1.807, 2.05) is 0 Å². The fraction of sp³-hybridized carbons (Fsp3) is 0.500. The van der Waals surface area contributed by atoms with Crippen molar-refractivity contribution in [3.05, 3.63) is 35.9 Å². The minimum Gasteiger partial charge on any atom is -0.467 e. The molecule has 1 N–H and O–H groups in total. The van der Waals surface area contributed by atoms with E-state index in [0.29, 0.717) is 5.75 Å². The van der Waals surface area contributed by atoms with Crippen molar-refractivity contribution in [2.24, 2.45) is 0 Å². The zero-order chi connectivity index (χ0) is 19.1. The van der Waals surface area contributed by atoms with Crippen LogP contribution in [-0.2, 0) is 24.7 Å². The first kappa shape index (κ1) is 21.3. The van der Waals surface area contributed by atoms with Gasteiger partial charge >= 0.3 is 12.1 Å². The molecule has 2 atom stereocenters. The molecular formula is C16H20F3NO4S. The predicted molar refractivity (Wildman–Crippen MR) is 88.1 cm³/mol. The van der Waals surface area contributed by atoms with Crippen molar-refractivity contribution < 1.29 is 32.2 Å². The van der Waals surface area contributed by atoms with Crippen LogP contribution in [0.5, 0.6) is 0 Å². The Kier molecular flexibility index (Phi) is 7.75. The largest absolute Gasteiger partial charge is 0.467 e. The fourth-order valence-electron chi connectivity index (χ4n) is 2.31. The van der Waals surface area contributed by atoms with Crippen LogP contribution in [0.25, 0.3) is 0 Å². The second-order valence-corrected chi connectivity index (χ2v) is 6.07. The fourth-order valence-corrected chi connectivity index (χ4v) is 2.78. The normalized spacial score (nSPS) is 15.1. The van der Waals surface area contributed by atoms with E-state index in [9.17, 15) is 22.8 Å². The van der Waals surface area contributed by atoms with Crippen LogP contribution < -0.4 is 5.32 Å². The number of hydrogen-bond acceptors (Lipinski definition) is 5. The highest BCUT2D eigenvalue weighted by Gasteiger charge is 2.63. The molecular weight excluding hydrogens is 359 g/mol. The molecule has 1 rings (SSSR count). The number of methoxy groups -OCH3 is 2. The van der Waals surface area contributed by atoms with Gasteiger partial charge in [-0.15, -0.1) is 0 Å². The average Bonchev–Trinajstić information content (AvgIpc) is 2.58. The van der Waals surface area contributed by atoms with Gasteiger partial charge in [0.15, 0.2) is 0 Å². The molecule has 9 heteroatoms. The van der Waals surface area contributed by atoms with Gasteiger partial charge in [0.2, 0.25) is 0 Å². The smallest absolute Gasteiger partial charge is 0.430 e. The number of halogens is 3. The lowest BCUT2D eigenvalue weighted by Gasteiger charge is -2.34. The summed E-state index contributed by atoms with van der Waals surface area (Å²) >= 11 is 1.39. The Labute approximate surface area is 148 Å². The zero-order valence-electron chi connectivity index (χ0n) is 14.1. The van der Waals surface area contributed by atoms with Crippen molar-refractivity contribution >= 4 is 23.6 Å². The number of carbonyl (C=O) groups excluding carboxylic acids is 2. The molecule has 25 heavy (non-hydrogen) atoms. The van der Waals surface area contributed by atoms with Crippen LogP contribution in [0.2, 0.25) is 0 Å². The first-order valence-corrected chi connectivity index (χ1v) is 8.69. The Balaban J connectivity index is 3.26. The van der Waals surface area contributed by atoms with Gasteiger partial charge in [-0.05, 0) is 18.4 Å². The summed E-state index contributed by atoms with van der Waals surface area (Å²) in [4.78, 5) is 24.4. The molecule has 1 aromatic carbocycles. The maximum atomic E-state index is 13.8. The first-order valence-electron chi connectivity index (χ1n) is 7.29. The van der Waals surface area contributed by atoms with Crippen LogP contribution in [0.4, 0.5) is 13.2 Å². The Morgan fingerprint density at radius 1 is 1.20 bits per heavy atom. The molecule has 0 heterocycles. The summed E-state index contributed by atoms with van der Waals surface area (Å²) in [6, 6.07) is 5.34. The summed E-state index contributed by atoms with van der Waals surface area (Å²) in [7, 11) is 1.90. The van der Waals surface area contributed by atoms with Crippen LogP contribution in [0.1, 0.15) is 12.0 Å². The van der Waals surface area contributed by atoms with Gasteiger partial charge in [-0.3, -0.25) is 4.79 Å². The summed E-state index contributed by atoms with van der Waals surface area (Å²) in [5, 5.41) is 2.13. The Hall–Kier alpha value is -1.74. The van der Waals surface area contributed by atoms with E-state index in [-0.39, 0.29) is 12.0 Å². The lowest BCUT2D eigenvalue weighted by molar-refractivity contribution is -0.266. The molecule has 1 aromatic rings. The molecule has 0 fully saturated rings. The number of nitrogens with one attached hydrogen (secondary N) is 1. The maximum Gasteiger partial charge on any atom is 0.430 e. The quantitative estimate of drug-likeness (QED) is 0.703. The number of hydrogen-bond donors (Lipinski definition) is 1. The molecule has 0 spiro atoms. The lowest BCUT2D eigenvalue weighted by Crippen LogP contribution is -2.58. The number of thioether (sulfide) groups is 1. The molecule has 5 nitrogen and oxygen atoms in total. The van der Waals surface area contributed by atoms with Gasteiger partial charge in [-0.25, -0.2) is 4.79 Å². The van der Waals surface area contributed by atoms with E-state index < -0.39 is 29.7 Å². The van der Waals surface area contributed by atoms with Crippen LogP contribution in [0.15, 0.2) is 30.3 Å². The van der Waals surface area contributed by atoms with Gasteiger partial charge in [-0.2, -0.15) is 24.9 Å². The molecule has 0 aliphatic carbocycles. The summed E-state index contributed by atoms with van der Waals surface area (Å²) in [5.41, 5.74) is -3.60. The van der Waals surface area contributed by atoms with Gasteiger partial charge < -0.3 is 14.8 Å². The van der Waals surface area contributed by atoms with E-state index in [2.05, 4.69) is 14.8 Å². The number of ether oxygens (including phenoxy) is 2. The van der Waals surface area contributed by atoms with Gasteiger partial charge in [-0.1, -0.05) is 30.3 Å². The van der Waals surface area contributed by atoms with E-state index in [1.54, 1.807) is 6.26 Å². The Morgan fingerprint density at radius 2 is 1.80 bits per heavy atom. The molecule has 0 saturated heterocycles. The molecule has 0 bridgehead atoms. The maximum absolute atomic E-state index is 13.8. The Bertz CT molecular complexity index is 582. The average molecular weight is 379 g/mol. The minimum absolute atomic E-state index is 0.131. The third-order valence-electron chi connectivity index (χ3n) is 3.61. The van der Waals surface area contributed by atoms with E-state index in [1.165, 1.54) is 30.0 Å². The third kappa shape index (κ3) is 4.66. The number of rotatable bonds is 8. The minimum atomic E-state index is -5.03. The molecule has 0 aliphatic heterocycles. The zero-order valence-corrected chi connectivity index (χ0v) is 14.9. The van der Waals surface area contributed by atoms with Crippen molar-refractivity contribution in [3.63, 3.8) is 0 Å². The summed E-state index contributed by atoms with van der Waals surface area (Å²) < 4.78 is 50.6. The molecule has 1 amide bonds. The SMILES string of the molecule is COC(=O)[C@H](CCSC)NC(=O)C(OC)(c1ccccc1)C(F)(F)F. The lowest BCUT2D eigenvalue weighted by atomic mass is 9.91. The molecule has 1 unspecified atom stereocenters. The van der Waals surface area contributed by atoms with Gasteiger partial charge in [0.1, 0.15) is 6.04 Å². The molecule has 0 saturated carbocycles. The van der Waals surface area contributed by atoms with Crippen molar-refractivity contribution in [2.45, 2.75) is 24.2 Å². The van der Waals surface area contributed by atoms with Crippen LogP contribution >= 0.6 is 11.8 Å². The number of carbonyl (C=O) groups is 2. The summed E-state index contributed by atoms with van der Waals surface area (Å²) in [5.74, 6) is -1.83. The molecule has 0 aromatic heterocycles. The van der Waals surface area contributed by atoms with Crippen molar-refractivity contribution in [1.82, 2.24) is 5.32 Å². The highest BCUT2D eigenvalue weighted by Crippen LogP contribution is 2.42. The Morgan fingerprint density at radius 3 is 2.24 bits per heavy atom. The molecule has 140 valence electrons. The van der Waals surface area contributed by atoms with Gasteiger partial charge in [0, 0.05) is 12.7 Å². The van der Waals surface area contributed by atoms with Crippen molar-refractivity contribution in [3.8, 4) is 0 Å². The van der Waals surface area contributed by atoms with E-state index >= 15 is 0 Å². The monoisotopic (exact) mass is 379 g/mol. The van der Waals surface area contributed by atoms with Gasteiger partial charge in [0.05, 0.1) is 7.11 Å². The summed E-state index contributed by atoms with van der Waals surface area (Å²) in [6.07, 6.45) is -3.13. The van der Waals surface area contributed by atoms with Crippen LogP contribution in [0.3, 0.4) is 0 Å². The van der Waals surface area contributed by atoms with Crippen LogP contribution in [-0.4, -0.2) is 50.3 Å². The second-order valence-electron chi connectivity index (χ2n) is 5.08. The van der Waals surface area contributed by atoms with E-state index in [4.69, 9.17) is 0 Å². The standard InChI is InChI=1S/C16H20F3NO4S/c1-23-13(21)12(9-10-25-3)20-14(22)15(24-2,16(17,18)19)11-7-5-4-6-8-11/h4-8,12H,9-10H2,1-3H3,(H,20,22)/t12-,15?/m0/s1. The third-order valence-corrected chi connectivity index (χ3v) is 4.25. The predicted octanol–water partition coefficient (Wildman–Crippen LogP) is 2.50. The highest BCUT2D eigenvalue weighted by molar-refractivity contribution is 7.98. The number of alkyl halides is 3. The highest BCUT2D eigenvalue weighted by atomic mass is 32.2. The van der Waals surface area contributed by atoms with Crippen LogP contribution in [0, 0.1) is 0 Å². The van der Waals surface area contributed by atoms with Gasteiger partial charge in [0.25, 0.3) is 11.5 Å². The van der Waals surface area contributed by atoms with Crippen molar-refractivity contribution in [2.75, 3.05) is 26.2 Å². The number of benzene rings is 1. The second kappa shape index (κ2) is 9.10. The summed E-state index contributed by atoms with van der Waals surface area (Å²) in [6.45, 7) is 0. The molecule has 0 aliphatic rings.